The number of hydrogen-bond donors (Lipinski definition) is 1. The molecule has 1 rings (SSSR count). The molecular weight excluding hydrogens is 222 g/mol. The molecule has 6 nitrogen and oxygen atoms in total. The first-order valence-electron chi connectivity index (χ1n) is 5.62. The fourth-order valence-electron chi connectivity index (χ4n) is 1.91. The number of carbonyl (C=O) groups is 2. The second-order valence-corrected chi connectivity index (χ2v) is 4.29. The van der Waals surface area contributed by atoms with Gasteiger partial charge in [0.25, 0.3) is 0 Å². The summed E-state index contributed by atoms with van der Waals surface area (Å²) in [6.07, 6.45) is 1.46. The van der Waals surface area contributed by atoms with E-state index in [2.05, 4.69) is 0 Å². The number of carboxylic acid groups (broad SMARTS) is 1. The van der Waals surface area contributed by atoms with E-state index in [0.29, 0.717) is 19.4 Å². The van der Waals surface area contributed by atoms with Crippen LogP contribution in [0.15, 0.2) is 0 Å². The van der Waals surface area contributed by atoms with Gasteiger partial charge in [0.2, 0.25) is 0 Å². The number of nitriles is 1. The van der Waals surface area contributed by atoms with Crippen LogP contribution < -0.4 is 0 Å². The third-order valence-electron chi connectivity index (χ3n) is 3.13. The minimum absolute atomic E-state index is 0.206. The van der Waals surface area contributed by atoms with E-state index in [-0.39, 0.29) is 18.5 Å². The SMILES string of the molecule is CC(CC#N)N(C)C(=O)N1CCC[C@H]1C(=O)O. The van der Waals surface area contributed by atoms with Gasteiger partial charge < -0.3 is 14.9 Å². The lowest BCUT2D eigenvalue weighted by atomic mass is 10.2. The summed E-state index contributed by atoms with van der Waals surface area (Å²) in [5.41, 5.74) is 0. The predicted octanol–water partition coefficient (Wildman–Crippen LogP) is 0.889. The van der Waals surface area contributed by atoms with Crippen LogP contribution in [0.3, 0.4) is 0 Å². The van der Waals surface area contributed by atoms with Crippen LogP contribution in [0.25, 0.3) is 0 Å². The van der Waals surface area contributed by atoms with Crippen molar-refractivity contribution in [1.82, 2.24) is 9.80 Å². The number of carboxylic acids is 1. The number of likely N-dealkylation sites (tertiary alicyclic amines) is 1. The summed E-state index contributed by atoms with van der Waals surface area (Å²) in [6.45, 7) is 2.24. The summed E-state index contributed by atoms with van der Waals surface area (Å²) in [6, 6.07) is 0.762. The van der Waals surface area contributed by atoms with Gasteiger partial charge in [0.05, 0.1) is 12.5 Å². The monoisotopic (exact) mass is 239 g/mol. The minimum Gasteiger partial charge on any atom is -0.480 e. The van der Waals surface area contributed by atoms with Gasteiger partial charge in [-0.2, -0.15) is 5.26 Å². The fraction of sp³-hybridized carbons (Fsp3) is 0.727. The van der Waals surface area contributed by atoms with Crippen molar-refractivity contribution in [3.63, 3.8) is 0 Å². The Morgan fingerprint density at radius 2 is 2.29 bits per heavy atom. The number of aliphatic carboxylic acids is 1. The molecule has 0 radical (unpaired) electrons. The summed E-state index contributed by atoms with van der Waals surface area (Å²) < 4.78 is 0. The Bertz CT molecular complexity index is 350. The van der Waals surface area contributed by atoms with Gasteiger partial charge in [0.1, 0.15) is 6.04 Å². The molecule has 0 bridgehead atoms. The van der Waals surface area contributed by atoms with Crippen molar-refractivity contribution in [2.75, 3.05) is 13.6 Å². The molecule has 1 saturated heterocycles. The highest BCUT2D eigenvalue weighted by atomic mass is 16.4. The molecule has 0 aromatic heterocycles. The molecule has 1 unspecified atom stereocenters. The maximum Gasteiger partial charge on any atom is 0.326 e. The quantitative estimate of drug-likeness (QED) is 0.792. The Hall–Kier alpha value is -1.77. The van der Waals surface area contributed by atoms with Gasteiger partial charge in [-0.25, -0.2) is 9.59 Å². The highest BCUT2D eigenvalue weighted by Gasteiger charge is 2.36. The standard InChI is InChI=1S/C11H17N3O3/c1-8(5-6-12)13(2)11(17)14-7-3-4-9(14)10(15)16/h8-9H,3-5,7H2,1-2H3,(H,15,16)/t8?,9-/m0/s1. The lowest BCUT2D eigenvalue weighted by molar-refractivity contribution is -0.141. The fourth-order valence-corrected chi connectivity index (χ4v) is 1.91. The topological polar surface area (TPSA) is 84.6 Å². The van der Waals surface area contributed by atoms with Crippen LogP contribution in [0.4, 0.5) is 4.79 Å². The van der Waals surface area contributed by atoms with E-state index in [9.17, 15) is 9.59 Å². The third kappa shape index (κ3) is 2.87. The summed E-state index contributed by atoms with van der Waals surface area (Å²) in [5.74, 6) is -0.961. The van der Waals surface area contributed by atoms with E-state index in [1.165, 1.54) is 9.80 Å². The molecule has 2 amide bonds. The minimum atomic E-state index is -0.961. The molecule has 6 heteroatoms. The van der Waals surface area contributed by atoms with Crippen molar-refractivity contribution in [3.8, 4) is 6.07 Å². The molecule has 1 aliphatic heterocycles. The first kappa shape index (κ1) is 13.3. The summed E-state index contributed by atoms with van der Waals surface area (Å²) in [4.78, 5) is 25.8. The normalized spacial score (nSPS) is 20.8. The van der Waals surface area contributed by atoms with E-state index < -0.39 is 12.0 Å². The van der Waals surface area contributed by atoms with E-state index in [1.54, 1.807) is 14.0 Å². The molecule has 1 aliphatic rings. The van der Waals surface area contributed by atoms with E-state index in [1.807, 2.05) is 6.07 Å². The molecule has 17 heavy (non-hydrogen) atoms. The van der Waals surface area contributed by atoms with Gasteiger partial charge in [-0.1, -0.05) is 0 Å². The lowest BCUT2D eigenvalue weighted by Crippen LogP contribution is -2.49. The number of hydrogen-bond acceptors (Lipinski definition) is 3. The summed E-state index contributed by atoms with van der Waals surface area (Å²) in [7, 11) is 1.60. The van der Waals surface area contributed by atoms with Crippen LogP contribution in [0, 0.1) is 11.3 Å². The molecule has 0 aromatic rings. The predicted molar refractivity (Wildman–Crippen MR) is 60.2 cm³/mol. The largest absolute Gasteiger partial charge is 0.480 e. The molecule has 2 atom stereocenters. The van der Waals surface area contributed by atoms with E-state index >= 15 is 0 Å². The van der Waals surface area contributed by atoms with Gasteiger partial charge >= 0.3 is 12.0 Å². The third-order valence-corrected chi connectivity index (χ3v) is 3.13. The first-order chi connectivity index (χ1) is 7.99. The van der Waals surface area contributed by atoms with Crippen LogP contribution >= 0.6 is 0 Å². The Labute approximate surface area is 100 Å². The molecule has 0 saturated carbocycles. The molecule has 94 valence electrons. The molecule has 0 spiro atoms. The van der Waals surface area contributed by atoms with Gasteiger partial charge in [-0.3, -0.25) is 0 Å². The highest BCUT2D eigenvalue weighted by molar-refractivity contribution is 5.83. The van der Waals surface area contributed by atoms with Gasteiger partial charge in [-0.05, 0) is 19.8 Å². The van der Waals surface area contributed by atoms with Crippen molar-refractivity contribution in [3.05, 3.63) is 0 Å². The smallest absolute Gasteiger partial charge is 0.326 e. The van der Waals surface area contributed by atoms with Crippen LogP contribution in [0.2, 0.25) is 0 Å². The van der Waals surface area contributed by atoms with E-state index in [4.69, 9.17) is 10.4 Å². The van der Waals surface area contributed by atoms with Gasteiger partial charge in [0, 0.05) is 19.6 Å². The van der Waals surface area contributed by atoms with Crippen LogP contribution in [-0.4, -0.2) is 52.6 Å². The second kappa shape index (κ2) is 5.53. The zero-order chi connectivity index (χ0) is 13.0. The van der Waals surface area contributed by atoms with Gasteiger partial charge in [-0.15, -0.1) is 0 Å². The van der Waals surface area contributed by atoms with Crippen molar-refractivity contribution >= 4 is 12.0 Å². The van der Waals surface area contributed by atoms with Crippen LogP contribution in [0.5, 0.6) is 0 Å². The number of nitrogens with zero attached hydrogens (tertiary/aromatic N) is 3. The van der Waals surface area contributed by atoms with Crippen LogP contribution in [-0.2, 0) is 4.79 Å². The molecule has 0 aliphatic carbocycles. The van der Waals surface area contributed by atoms with Crippen molar-refractivity contribution in [2.24, 2.45) is 0 Å². The molecule has 1 fully saturated rings. The number of carbonyl (C=O) groups excluding carboxylic acids is 1. The summed E-state index contributed by atoms with van der Waals surface area (Å²) in [5, 5.41) is 17.6. The molecule has 0 aromatic carbocycles. The molecular formula is C11H17N3O3. The Kier molecular flexibility index (Phi) is 4.32. The second-order valence-electron chi connectivity index (χ2n) is 4.29. The number of rotatable bonds is 3. The van der Waals surface area contributed by atoms with Crippen LogP contribution in [0.1, 0.15) is 26.2 Å². The average molecular weight is 239 g/mol. The maximum absolute atomic E-state index is 12.1. The summed E-state index contributed by atoms with van der Waals surface area (Å²) >= 11 is 0. The highest BCUT2D eigenvalue weighted by Crippen LogP contribution is 2.19. The Balaban J connectivity index is 2.69. The first-order valence-corrected chi connectivity index (χ1v) is 5.62. The van der Waals surface area contributed by atoms with Crippen molar-refractivity contribution in [1.29, 1.82) is 5.26 Å². The van der Waals surface area contributed by atoms with Crippen molar-refractivity contribution < 1.29 is 14.7 Å². The lowest BCUT2D eigenvalue weighted by Gasteiger charge is -2.30. The number of amides is 2. The van der Waals surface area contributed by atoms with Gasteiger partial charge in [0.15, 0.2) is 0 Å². The number of urea groups is 1. The van der Waals surface area contributed by atoms with Crippen molar-refractivity contribution in [2.45, 2.75) is 38.3 Å². The van der Waals surface area contributed by atoms with E-state index in [0.717, 1.165) is 0 Å². The zero-order valence-electron chi connectivity index (χ0n) is 10.1. The molecule has 1 N–H and O–H groups in total. The average Bonchev–Trinajstić information content (AvgIpc) is 2.76. The zero-order valence-corrected chi connectivity index (χ0v) is 10.1. The molecule has 1 heterocycles. The Morgan fingerprint density at radius 3 is 2.82 bits per heavy atom. The Morgan fingerprint density at radius 1 is 1.65 bits per heavy atom. The maximum atomic E-state index is 12.1.